The molecule has 0 bridgehead atoms. The highest BCUT2D eigenvalue weighted by Gasteiger charge is 2.34. The quantitative estimate of drug-likeness (QED) is 0.744. The van der Waals surface area contributed by atoms with Gasteiger partial charge in [-0.25, -0.2) is 0 Å². The lowest BCUT2D eigenvalue weighted by Gasteiger charge is -2.31. The van der Waals surface area contributed by atoms with Crippen molar-refractivity contribution in [1.29, 1.82) is 0 Å². The third kappa shape index (κ3) is 6.98. The van der Waals surface area contributed by atoms with Crippen LogP contribution in [0.25, 0.3) is 0 Å². The molecule has 0 aromatic carbocycles. The van der Waals surface area contributed by atoms with Crippen LogP contribution in [-0.4, -0.2) is 30.8 Å². The number of carbonyl (C=O) groups excluding carboxylic acids is 1. The number of halogens is 1. The molecule has 1 heterocycles. The summed E-state index contributed by atoms with van der Waals surface area (Å²) in [6.45, 7) is 7.30. The Balaban J connectivity index is 0.00000264. The van der Waals surface area contributed by atoms with Gasteiger partial charge in [-0.1, -0.05) is 26.7 Å². The van der Waals surface area contributed by atoms with Gasteiger partial charge < -0.3 is 15.2 Å². The zero-order valence-corrected chi connectivity index (χ0v) is 15.6. The van der Waals surface area contributed by atoms with Crippen molar-refractivity contribution in [2.75, 3.05) is 6.61 Å². The van der Waals surface area contributed by atoms with Crippen molar-refractivity contribution in [3.63, 3.8) is 0 Å². The number of nitrogens with two attached hydrogens (primary N) is 1. The van der Waals surface area contributed by atoms with Gasteiger partial charge in [0.25, 0.3) is 0 Å². The predicted molar refractivity (Wildman–Crippen MR) is 94.7 cm³/mol. The minimum Gasteiger partial charge on any atom is -0.459 e. The molecule has 1 saturated heterocycles. The number of carbonyl (C=O) groups is 1. The molecule has 2 N–H and O–H groups in total. The van der Waals surface area contributed by atoms with E-state index in [-0.39, 0.29) is 30.6 Å². The number of rotatable bonds is 6. The Bertz CT molecular complexity index is 360. The SMILES string of the molecule is CC(C)CC[C@H]1CCC[C@H](N)C(=O)O[C@@H](C)[C@@H]1OCC1CC1.Cl. The van der Waals surface area contributed by atoms with Crippen molar-refractivity contribution in [2.45, 2.75) is 84.0 Å². The summed E-state index contributed by atoms with van der Waals surface area (Å²) < 4.78 is 11.8. The second-order valence-electron chi connectivity index (χ2n) is 7.65. The molecule has 23 heavy (non-hydrogen) atoms. The molecule has 0 spiro atoms. The van der Waals surface area contributed by atoms with E-state index in [9.17, 15) is 4.79 Å². The second-order valence-corrected chi connectivity index (χ2v) is 7.65. The Kier molecular flexibility index (Phi) is 8.88. The summed E-state index contributed by atoms with van der Waals surface area (Å²) in [6.07, 6.45) is 7.50. The van der Waals surface area contributed by atoms with Crippen molar-refractivity contribution in [1.82, 2.24) is 0 Å². The van der Waals surface area contributed by atoms with Crippen molar-refractivity contribution in [3.8, 4) is 0 Å². The van der Waals surface area contributed by atoms with E-state index in [0.717, 1.165) is 38.2 Å². The van der Waals surface area contributed by atoms with Crippen LogP contribution in [0.4, 0.5) is 0 Å². The van der Waals surface area contributed by atoms with Crippen LogP contribution in [-0.2, 0) is 14.3 Å². The van der Waals surface area contributed by atoms with Crippen molar-refractivity contribution in [2.24, 2.45) is 23.5 Å². The van der Waals surface area contributed by atoms with Gasteiger partial charge in [-0.05, 0) is 56.8 Å². The Labute approximate surface area is 147 Å². The maximum atomic E-state index is 12.0. The average Bonchev–Trinajstić information content (AvgIpc) is 3.26. The molecule has 1 saturated carbocycles. The molecule has 0 radical (unpaired) electrons. The number of hydrogen-bond donors (Lipinski definition) is 1. The Hall–Kier alpha value is -0.320. The first-order chi connectivity index (χ1) is 10.5. The van der Waals surface area contributed by atoms with E-state index in [1.54, 1.807) is 0 Å². The van der Waals surface area contributed by atoms with Crippen LogP contribution in [0.2, 0.25) is 0 Å². The topological polar surface area (TPSA) is 61.6 Å². The largest absolute Gasteiger partial charge is 0.459 e. The van der Waals surface area contributed by atoms with Gasteiger partial charge >= 0.3 is 5.97 Å². The Morgan fingerprint density at radius 1 is 1.26 bits per heavy atom. The second kappa shape index (κ2) is 9.85. The highest BCUT2D eigenvalue weighted by molar-refractivity contribution is 5.85. The van der Waals surface area contributed by atoms with Crippen molar-refractivity contribution in [3.05, 3.63) is 0 Å². The van der Waals surface area contributed by atoms with Gasteiger partial charge in [0, 0.05) is 6.61 Å². The Morgan fingerprint density at radius 3 is 2.57 bits per heavy atom. The molecule has 0 unspecified atom stereocenters. The summed E-state index contributed by atoms with van der Waals surface area (Å²) in [5.41, 5.74) is 5.91. The van der Waals surface area contributed by atoms with E-state index in [0.29, 0.717) is 11.8 Å². The normalized spacial score (nSPS) is 32.5. The molecule has 2 fully saturated rings. The van der Waals surface area contributed by atoms with Crippen LogP contribution in [0.3, 0.4) is 0 Å². The summed E-state index contributed by atoms with van der Waals surface area (Å²) in [6, 6.07) is -0.476. The van der Waals surface area contributed by atoms with Gasteiger partial charge in [0.15, 0.2) is 0 Å². The van der Waals surface area contributed by atoms with Gasteiger partial charge in [0.2, 0.25) is 0 Å². The third-order valence-corrected chi connectivity index (χ3v) is 4.96. The fourth-order valence-electron chi connectivity index (χ4n) is 3.26. The maximum Gasteiger partial charge on any atom is 0.323 e. The molecule has 0 amide bonds. The molecular formula is C18H34ClNO3. The highest BCUT2D eigenvalue weighted by Crippen LogP contribution is 2.33. The van der Waals surface area contributed by atoms with Gasteiger partial charge in [0.05, 0.1) is 6.10 Å². The standard InChI is InChI=1S/C18H33NO3.ClH/c1-12(2)7-10-15-5-4-6-16(19)18(20)22-13(3)17(15)21-11-14-8-9-14;/h12-17H,4-11,19H2,1-3H3;1H/t13-,15+,16-,17-;/m0./s1. The van der Waals surface area contributed by atoms with E-state index >= 15 is 0 Å². The van der Waals surface area contributed by atoms with Gasteiger partial charge in [-0.2, -0.15) is 0 Å². The van der Waals surface area contributed by atoms with E-state index < -0.39 is 6.04 Å². The minimum atomic E-state index is -0.476. The summed E-state index contributed by atoms with van der Waals surface area (Å²) in [7, 11) is 0. The molecule has 5 heteroatoms. The summed E-state index contributed by atoms with van der Waals surface area (Å²) in [5, 5.41) is 0. The molecule has 136 valence electrons. The highest BCUT2D eigenvalue weighted by atomic mass is 35.5. The van der Waals surface area contributed by atoms with Crippen molar-refractivity contribution >= 4 is 18.4 Å². The lowest BCUT2D eigenvalue weighted by molar-refractivity contribution is -0.160. The predicted octanol–water partition coefficient (Wildman–Crippen LogP) is 3.70. The fraction of sp³-hybridized carbons (Fsp3) is 0.944. The summed E-state index contributed by atoms with van der Waals surface area (Å²) >= 11 is 0. The zero-order valence-electron chi connectivity index (χ0n) is 14.8. The molecule has 0 aromatic rings. The molecule has 2 rings (SSSR count). The number of cyclic esters (lactones) is 1. The van der Waals surface area contributed by atoms with E-state index in [1.165, 1.54) is 19.3 Å². The van der Waals surface area contributed by atoms with Crippen LogP contribution >= 0.6 is 12.4 Å². The van der Waals surface area contributed by atoms with Crippen LogP contribution in [0.5, 0.6) is 0 Å². The summed E-state index contributed by atoms with van der Waals surface area (Å²) in [5.74, 6) is 1.62. The van der Waals surface area contributed by atoms with Crippen LogP contribution < -0.4 is 5.73 Å². The Morgan fingerprint density at radius 2 is 1.96 bits per heavy atom. The first kappa shape index (κ1) is 20.7. The van der Waals surface area contributed by atoms with Crippen LogP contribution in [0.1, 0.15) is 65.7 Å². The van der Waals surface area contributed by atoms with Gasteiger partial charge in [-0.3, -0.25) is 4.79 Å². The van der Waals surface area contributed by atoms with Gasteiger partial charge in [-0.15, -0.1) is 12.4 Å². The van der Waals surface area contributed by atoms with Gasteiger partial charge in [0.1, 0.15) is 12.1 Å². The minimum absolute atomic E-state index is 0. The van der Waals surface area contributed by atoms with Crippen molar-refractivity contribution < 1.29 is 14.3 Å². The van der Waals surface area contributed by atoms with Crippen LogP contribution in [0.15, 0.2) is 0 Å². The first-order valence-electron chi connectivity index (χ1n) is 9.05. The molecule has 4 nitrogen and oxygen atoms in total. The van der Waals surface area contributed by atoms with E-state index in [2.05, 4.69) is 13.8 Å². The first-order valence-corrected chi connectivity index (χ1v) is 9.05. The zero-order chi connectivity index (χ0) is 16.1. The summed E-state index contributed by atoms with van der Waals surface area (Å²) in [4.78, 5) is 12.0. The smallest absolute Gasteiger partial charge is 0.323 e. The van der Waals surface area contributed by atoms with E-state index in [1.807, 2.05) is 6.92 Å². The lowest BCUT2D eigenvalue weighted by Crippen LogP contribution is -2.40. The molecule has 2 aliphatic rings. The molecule has 1 aliphatic carbocycles. The third-order valence-electron chi connectivity index (χ3n) is 4.96. The number of ether oxygens (including phenoxy) is 2. The molecular weight excluding hydrogens is 314 g/mol. The number of hydrogen-bond acceptors (Lipinski definition) is 4. The van der Waals surface area contributed by atoms with E-state index in [4.69, 9.17) is 15.2 Å². The molecule has 1 aliphatic heterocycles. The molecule has 0 aromatic heterocycles. The average molecular weight is 348 g/mol. The lowest BCUT2D eigenvalue weighted by atomic mass is 9.86. The molecule has 4 atom stereocenters. The monoisotopic (exact) mass is 347 g/mol. The fourth-order valence-corrected chi connectivity index (χ4v) is 3.26. The van der Waals surface area contributed by atoms with Crippen LogP contribution in [0, 0.1) is 17.8 Å². The number of esters is 1. The maximum absolute atomic E-state index is 12.0.